The third-order valence-corrected chi connectivity index (χ3v) is 3.37. The zero-order chi connectivity index (χ0) is 15.5. The van der Waals surface area contributed by atoms with E-state index in [2.05, 4.69) is 15.5 Å². The summed E-state index contributed by atoms with van der Waals surface area (Å²) in [5, 5.41) is 10.9. The number of hydrogen-bond acceptors (Lipinski definition) is 3. The first-order valence-corrected chi connectivity index (χ1v) is 6.96. The van der Waals surface area contributed by atoms with E-state index < -0.39 is 0 Å². The number of amides is 1. The molecule has 2 aromatic carbocycles. The molecule has 22 heavy (non-hydrogen) atoms. The number of anilines is 1. The van der Waals surface area contributed by atoms with Crippen molar-refractivity contribution in [2.75, 3.05) is 5.32 Å². The van der Waals surface area contributed by atoms with Crippen molar-refractivity contribution < 1.29 is 4.79 Å². The van der Waals surface area contributed by atoms with Crippen LogP contribution in [0.1, 0.15) is 15.9 Å². The zero-order valence-corrected chi connectivity index (χ0v) is 12.4. The molecule has 1 amide bonds. The molecule has 0 aliphatic heterocycles. The van der Waals surface area contributed by atoms with Crippen LogP contribution in [0.15, 0.2) is 54.9 Å². The van der Waals surface area contributed by atoms with Crippen molar-refractivity contribution in [1.29, 1.82) is 0 Å². The molecule has 3 rings (SSSR count). The fourth-order valence-corrected chi connectivity index (χ4v) is 2.27. The second-order valence-corrected chi connectivity index (χ2v) is 5.17. The van der Waals surface area contributed by atoms with Gasteiger partial charge in [0, 0.05) is 23.9 Å². The lowest BCUT2D eigenvalue weighted by Crippen LogP contribution is -2.12. The summed E-state index contributed by atoms with van der Waals surface area (Å²) in [6.45, 7) is 1.96. The fourth-order valence-electron chi connectivity index (χ4n) is 2.27. The predicted molar refractivity (Wildman–Crippen MR) is 85.6 cm³/mol. The molecule has 110 valence electrons. The summed E-state index contributed by atoms with van der Waals surface area (Å²) in [6.07, 6.45) is 1.65. The van der Waals surface area contributed by atoms with Crippen LogP contribution in [-0.4, -0.2) is 20.7 Å². The van der Waals surface area contributed by atoms with Crippen LogP contribution in [0.4, 0.5) is 5.69 Å². The lowest BCUT2D eigenvalue weighted by atomic mass is 10.1. The van der Waals surface area contributed by atoms with Crippen LogP contribution in [0.3, 0.4) is 0 Å². The topological polar surface area (TPSA) is 59.8 Å². The van der Waals surface area contributed by atoms with E-state index in [9.17, 15) is 4.79 Å². The van der Waals surface area contributed by atoms with Crippen molar-refractivity contribution in [2.45, 2.75) is 6.92 Å². The van der Waals surface area contributed by atoms with Gasteiger partial charge in [0.2, 0.25) is 0 Å². The number of nitrogens with zero attached hydrogens (tertiary/aromatic N) is 3. The Bertz CT molecular complexity index is 823. The first-order chi connectivity index (χ1) is 10.6. The second-order valence-electron chi connectivity index (χ2n) is 5.17. The minimum atomic E-state index is -0.126. The third kappa shape index (κ3) is 2.88. The van der Waals surface area contributed by atoms with E-state index in [1.807, 2.05) is 61.0 Å². The third-order valence-electron chi connectivity index (χ3n) is 3.37. The molecule has 0 bridgehead atoms. The molecule has 0 radical (unpaired) electrons. The maximum absolute atomic E-state index is 12.3. The number of rotatable bonds is 3. The summed E-state index contributed by atoms with van der Waals surface area (Å²) >= 11 is 0. The normalized spacial score (nSPS) is 10.5. The van der Waals surface area contributed by atoms with Gasteiger partial charge in [-0.05, 0) is 31.2 Å². The molecular weight excluding hydrogens is 276 g/mol. The van der Waals surface area contributed by atoms with Gasteiger partial charge < -0.3 is 9.88 Å². The number of hydrogen-bond donors (Lipinski definition) is 1. The van der Waals surface area contributed by atoms with E-state index >= 15 is 0 Å². The quantitative estimate of drug-likeness (QED) is 0.807. The van der Waals surface area contributed by atoms with E-state index in [4.69, 9.17) is 0 Å². The molecule has 0 aliphatic carbocycles. The average molecular weight is 292 g/mol. The lowest BCUT2D eigenvalue weighted by molar-refractivity contribution is 0.102. The Kier molecular flexibility index (Phi) is 3.70. The van der Waals surface area contributed by atoms with Gasteiger partial charge >= 0.3 is 0 Å². The molecular formula is C17H16N4O. The summed E-state index contributed by atoms with van der Waals surface area (Å²) in [4.78, 5) is 12.3. The molecule has 0 fully saturated rings. The number of aromatic nitrogens is 3. The van der Waals surface area contributed by atoms with Gasteiger partial charge in [-0.3, -0.25) is 4.79 Å². The Labute approximate surface area is 128 Å². The van der Waals surface area contributed by atoms with Crippen LogP contribution in [0.25, 0.3) is 11.4 Å². The Balaban J connectivity index is 1.84. The summed E-state index contributed by atoms with van der Waals surface area (Å²) in [5.41, 5.74) is 3.33. The number of carbonyl (C=O) groups is 1. The fraction of sp³-hybridized carbons (Fsp3) is 0.118. The Hall–Kier alpha value is -2.95. The molecule has 0 spiro atoms. The van der Waals surface area contributed by atoms with Gasteiger partial charge in [0.1, 0.15) is 6.33 Å². The highest BCUT2D eigenvalue weighted by molar-refractivity contribution is 6.04. The molecule has 0 unspecified atom stereocenters. The largest absolute Gasteiger partial charge is 0.322 e. The average Bonchev–Trinajstić information content (AvgIpc) is 2.94. The van der Waals surface area contributed by atoms with Crippen molar-refractivity contribution in [3.8, 4) is 11.4 Å². The smallest absolute Gasteiger partial charge is 0.255 e. The highest BCUT2D eigenvalue weighted by Crippen LogP contribution is 2.20. The number of aryl methyl sites for hydroxylation is 2. The standard InChI is InChI=1S/C17H16N4O/c1-12-5-3-7-14(9-12)17(22)19-15-8-4-6-13(10-15)16-20-18-11-21(16)2/h3-11H,1-2H3,(H,19,22). The summed E-state index contributed by atoms with van der Waals surface area (Å²) in [6, 6.07) is 15.1. The maximum atomic E-state index is 12.3. The molecule has 1 aromatic heterocycles. The van der Waals surface area contributed by atoms with Crippen LogP contribution < -0.4 is 5.32 Å². The van der Waals surface area contributed by atoms with Gasteiger partial charge in [-0.25, -0.2) is 0 Å². The Morgan fingerprint density at radius 1 is 1.14 bits per heavy atom. The van der Waals surface area contributed by atoms with Crippen LogP contribution in [-0.2, 0) is 7.05 Å². The molecule has 3 aromatic rings. The molecule has 5 heteroatoms. The first kappa shape index (κ1) is 14.0. The SMILES string of the molecule is Cc1cccc(C(=O)Nc2cccc(-c3nncn3C)c2)c1. The Morgan fingerprint density at radius 2 is 1.95 bits per heavy atom. The van der Waals surface area contributed by atoms with Crippen molar-refractivity contribution in [1.82, 2.24) is 14.8 Å². The maximum Gasteiger partial charge on any atom is 0.255 e. The number of carbonyl (C=O) groups excluding carboxylic acids is 1. The van der Waals surface area contributed by atoms with Gasteiger partial charge in [0.05, 0.1) is 0 Å². The van der Waals surface area contributed by atoms with Gasteiger partial charge in [-0.1, -0.05) is 29.8 Å². The highest BCUT2D eigenvalue weighted by Gasteiger charge is 2.09. The van der Waals surface area contributed by atoms with E-state index in [1.54, 1.807) is 12.4 Å². The number of nitrogens with one attached hydrogen (secondary N) is 1. The minimum Gasteiger partial charge on any atom is -0.322 e. The van der Waals surface area contributed by atoms with Crippen LogP contribution in [0.5, 0.6) is 0 Å². The summed E-state index contributed by atoms with van der Waals surface area (Å²) in [7, 11) is 1.88. The molecule has 0 atom stereocenters. The minimum absolute atomic E-state index is 0.126. The van der Waals surface area contributed by atoms with E-state index in [0.717, 1.165) is 22.6 Å². The number of benzene rings is 2. The molecule has 0 saturated carbocycles. The van der Waals surface area contributed by atoms with Gasteiger partial charge in [-0.2, -0.15) is 0 Å². The van der Waals surface area contributed by atoms with Gasteiger partial charge in [0.15, 0.2) is 5.82 Å². The van der Waals surface area contributed by atoms with Gasteiger partial charge in [-0.15, -0.1) is 10.2 Å². The van der Waals surface area contributed by atoms with Gasteiger partial charge in [0.25, 0.3) is 5.91 Å². The first-order valence-electron chi connectivity index (χ1n) is 6.96. The monoisotopic (exact) mass is 292 g/mol. The van der Waals surface area contributed by atoms with Crippen LogP contribution >= 0.6 is 0 Å². The van der Waals surface area contributed by atoms with E-state index in [-0.39, 0.29) is 5.91 Å². The van der Waals surface area contributed by atoms with Crippen LogP contribution in [0, 0.1) is 6.92 Å². The zero-order valence-electron chi connectivity index (χ0n) is 12.4. The highest BCUT2D eigenvalue weighted by atomic mass is 16.1. The second kappa shape index (κ2) is 5.81. The molecule has 5 nitrogen and oxygen atoms in total. The van der Waals surface area contributed by atoms with Crippen LogP contribution in [0.2, 0.25) is 0 Å². The van der Waals surface area contributed by atoms with E-state index in [1.165, 1.54) is 0 Å². The summed E-state index contributed by atoms with van der Waals surface area (Å²) in [5.74, 6) is 0.630. The van der Waals surface area contributed by atoms with Crippen molar-refractivity contribution >= 4 is 11.6 Å². The molecule has 0 aliphatic rings. The molecule has 1 N–H and O–H groups in total. The Morgan fingerprint density at radius 3 is 2.68 bits per heavy atom. The summed E-state index contributed by atoms with van der Waals surface area (Å²) < 4.78 is 1.83. The lowest BCUT2D eigenvalue weighted by Gasteiger charge is -2.08. The van der Waals surface area contributed by atoms with Crippen molar-refractivity contribution in [3.63, 3.8) is 0 Å². The molecule has 0 saturated heterocycles. The van der Waals surface area contributed by atoms with Crippen molar-refractivity contribution in [3.05, 3.63) is 66.0 Å². The predicted octanol–water partition coefficient (Wildman–Crippen LogP) is 3.04. The van der Waals surface area contributed by atoms with Crippen molar-refractivity contribution in [2.24, 2.45) is 7.05 Å². The molecule has 1 heterocycles. The van der Waals surface area contributed by atoms with E-state index in [0.29, 0.717) is 5.56 Å².